The minimum atomic E-state index is 0.135. The average Bonchev–Trinajstić information content (AvgIpc) is 2.77. The third-order valence-corrected chi connectivity index (χ3v) is 10.4. The van der Waals surface area contributed by atoms with Crippen LogP contribution >= 0.6 is 0 Å². The number of fused-ring (bicyclic) bond motifs is 1. The van der Waals surface area contributed by atoms with E-state index in [0.29, 0.717) is 23.2 Å². The molecule has 0 radical (unpaired) electrons. The summed E-state index contributed by atoms with van der Waals surface area (Å²) in [5.74, 6) is 1.64. The number of nitrogens with zero attached hydrogens (tertiary/aromatic N) is 1. The van der Waals surface area contributed by atoms with Gasteiger partial charge < -0.3 is 15.5 Å². The van der Waals surface area contributed by atoms with Gasteiger partial charge in [-0.2, -0.15) is 0 Å². The molecule has 5 heteroatoms. The fraction of sp³-hybridized carbons (Fsp3) is 0.733. The zero-order valence-corrected chi connectivity index (χ0v) is 21.9. The molecule has 0 spiro atoms. The van der Waals surface area contributed by atoms with Gasteiger partial charge in [-0.3, -0.25) is 9.59 Å². The molecular formula is C30H43N3O2. The number of nitrogens with one attached hydrogen (secondary N) is 2. The highest BCUT2D eigenvalue weighted by atomic mass is 16.2. The Labute approximate surface area is 210 Å². The van der Waals surface area contributed by atoms with Crippen LogP contribution in [0.25, 0.3) is 0 Å². The van der Waals surface area contributed by atoms with Crippen LogP contribution in [0.1, 0.15) is 94.5 Å². The maximum atomic E-state index is 13.5. The van der Waals surface area contributed by atoms with Gasteiger partial charge in [0.25, 0.3) is 5.91 Å². The highest BCUT2D eigenvalue weighted by Gasteiger charge is 2.60. The van der Waals surface area contributed by atoms with E-state index in [4.69, 9.17) is 0 Å². The number of piperidine rings is 1. The van der Waals surface area contributed by atoms with E-state index in [-0.39, 0.29) is 23.3 Å². The fourth-order valence-electron chi connectivity index (χ4n) is 10.0. The van der Waals surface area contributed by atoms with Crippen LogP contribution in [0.5, 0.6) is 0 Å². The van der Waals surface area contributed by atoms with Crippen LogP contribution in [0.15, 0.2) is 18.2 Å². The number of carbonyl (C=O) groups excluding carboxylic acids is 2. The molecule has 2 aliphatic heterocycles. The average molecular weight is 478 g/mol. The Hall–Kier alpha value is -1.88. The fourth-order valence-corrected chi connectivity index (χ4v) is 10.0. The summed E-state index contributed by atoms with van der Waals surface area (Å²) in [7, 11) is 0. The largest absolute Gasteiger partial charge is 0.335 e. The molecule has 1 saturated heterocycles. The molecule has 190 valence electrons. The van der Waals surface area contributed by atoms with Crippen LogP contribution in [-0.4, -0.2) is 42.4 Å². The minimum Gasteiger partial charge on any atom is -0.335 e. The molecule has 0 aromatic heterocycles. The van der Waals surface area contributed by atoms with E-state index in [2.05, 4.69) is 36.3 Å². The number of hydrogen-bond acceptors (Lipinski definition) is 3. The Morgan fingerprint density at radius 2 is 1.83 bits per heavy atom. The number of hydrogen-bond donors (Lipinski definition) is 2. The van der Waals surface area contributed by atoms with Gasteiger partial charge in [0.15, 0.2) is 0 Å². The summed E-state index contributed by atoms with van der Waals surface area (Å²) in [6.07, 6.45) is 11.4. The van der Waals surface area contributed by atoms with Crippen LogP contribution in [0.3, 0.4) is 0 Å². The maximum Gasteiger partial charge on any atom is 0.254 e. The lowest BCUT2D eigenvalue weighted by Crippen LogP contribution is -2.55. The standard InChI is InChI=1S/C30H43N3O2/c1-20(22-7-10-31-11-8-22)33-12-9-23-24(27(33)35)5-4-6-25(23)32-26(34)16-30-15-21-13-28(2,18-30)17-29(3,14-21)19-30/h4-6,20-22,31H,7-19H2,1-3H3,(H,32,34). The van der Waals surface area contributed by atoms with Crippen molar-refractivity contribution in [1.29, 1.82) is 0 Å². The number of rotatable bonds is 5. The van der Waals surface area contributed by atoms with Crippen molar-refractivity contribution >= 4 is 17.5 Å². The van der Waals surface area contributed by atoms with E-state index < -0.39 is 0 Å². The zero-order chi connectivity index (χ0) is 24.4. The first-order valence-corrected chi connectivity index (χ1v) is 14.1. The molecule has 2 heterocycles. The lowest BCUT2D eigenvalue weighted by Gasteiger charge is -2.65. The van der Waals surface area contributed by atoms with Gasteiger partial charge in [0.2, 0.25) is 5.91 Å². The Morgan fingerprint density at radius 3 is 2.51 bits per heavy atom. The van der Waals surface area contributed by atoms with Crippen LogP contribution in [-0.2, 0) is 11.2 Å². The topological polar surface area (TPSA) is 61.4 Å². The van der Waals surface area contributed by atoms with Gasteiger partial charge in [-0.05, 0) is 124 Å². The molecule has 2 N–H and O–H groups in total. The van der Waals surface area contributed by atoms with Crippen molar-refractivity contribution in [2.45, 2.75) is 91.0 Å². The van der Waals surface area contributed by atoms with Crippen molar-refractivity contribution in [3.05, 3.63) is 29.3 Å². The van der Waals surface area contributed by atoms with Gasteiger partial charge in [0, 0.05) is 30.3 Å². The van der Waals surface area contributed by atoms with Crippen LogP contribution in [0, 0.1) is 28.1 Å². The smallest absolute Gasteiger partial charge is 0.254 e. The SMILES string of the molecule is CC(C1CCNCC1)N1CCc2c(NC(=O)CC34CC5CC(C)(CC(C)(C5)C3)C4)cccc2C1=O. The first-order valence-electron chi connectivity index (χ1n) is 14.1. The molecule has 4 saturated carbocycles. The van der Waals surface area contributed by atoms with Crippen molar-refractivity contribution < 1.29 is 9.59 Å². The number of benzene rings is 1. The normalized spacial score (nSPS) is 37.3. The first kappa shape index (κ1) is 23.5. The molecule has 5 nitrogen and oxygen atoms in total. The van der Waals surface area contributed by atoms with Gasteiger partial charge in [-0.25, -0.2) is 0 Å². The van der Waals surface area contributed by atoms with E-state index >= 15 is 0 Å². The Kier molecular flexibility index (Phi) is 5.59. The van der Waals surface area contributed by atoms with E-state index in [1.807, 2.05) is 18.2 Å². The molecule has 3 atom stereocenters. The highest BCUT2D eigenvalue weighted by molar-refractivity contribution is 6.00. The Balaban J connectivity index is 1.17. The van der Waals surface area contributed by atoms with Crippen LogP contribution in [0.2, 0.25) is 0 Å². The molecule has 1 aromatic rings. The maximum absolute atomic E-state index is 13.5. The minimum absolute atomic E-state index is 0.135. The molecule has 35 heavy (non-hydrogen) atoms. The van der Waals surface area contributed by atoms with Crippen molar-refractivity contribution in [1.82, 2.24) is 10.2 Å². The van der Waals surface area contributed by atoms with Gasteiger partial charge >= 0.3 is 0 Å². The number of carbonyl (C=O) groups is 2. The second-order valence-corrected chi connectivity index (χ2v) is 13.8. The van der Waals surface area contributed by atoms with Crippen molar-refractivity contribution in [3.8, 4) is 0 Å². The summed E-state index contributed by atoms with van der Waals surface area (Å²) in [6.45, 7) is 9.99. The predicted octanol–water partition coefficient (Wildman–Crippen LogP) is 5.40. The molecule has 3 unspecified atom stereocenters. The molecule has 5 fully saturated rings. The van der Waals surface area contributed by atoms with Crippen molar-refractivity contribution in [3.63, 3.8) is 0 Å². The first-order chi connectivity index (χ1) is 16.7. The Bertz CT molecular complexity index is 1010. The van der Waals surface area contributed by atoms with Crippen LogP contribution < -0.4 is 10.6 Å². The number of anilines is 1. The third kappa shape index (κ3) is 4.22. The molecular weight excluding hydrogens is 434 g/mol. The van der Waals surface area contributed by atoms with Gasteiger partial charge in [-0.1, -0.05) is 19.9 Å². The second kappa shape index (κ2) is 8.33. The quantitative estimate of drug-likeness (QED) is 0.597. The zero-order valence-electron chi connectivity index (χ0n) is 21.9. The van der Waals surface area contributed by atoms with Crippen molar-refractivity contribution in [2.75, 3.05) is 25.0 Å². The lowest BCUT2D eigenvalue weighted by atomic mass is 9.40. The molecule has 2 amide bonds. The predicted molar refractivity (Wildman–Crippen MR) is 139 cm³/mol. The molecule has 1 aromatic carbocycles. The van der Waals surface area contributed by atoms with E-state index in [9.17, 15) is 9.59 Å². The summed E-state index contributed by atoms with van der Waals surface area (Å²) in [5.41, 5.74) is 3.67. The highest BCUT2D eigenvalue weighted by Crippen LogP contribution is 2.70. The monoisotopic (exact) mass is 477 g/mol. The third-order valence-electron chi connectivity index (χ3n) is 10.4. The summed E-state index contributed by atoms with van der Waals surface area (Å²) in [6, 6.07) is 6.15. The van der Waals surface area contributed by atoms with Gasteiger partial charge in [0.05, 0.1) is 0 Å². The summed E-state index contributed by atoms with van der Waals surface area (Å²) in [4.78, 5) is 29.0. The number of amides is 2. The second-order valence-electron chi connectivity index (χ2n) is 13.8. The summed E-state index contributed by atoms with van der Waals surface area (Å²) in [5, 5.41) is 6.71. The van der Waals surface area contributed by atoms with E-state index in [1.54, 1.807) is 0 Å². The molecule has 4 aliphatic carbocycles. The van der Waals surface area contributed by atoms with Crippen LogP contribution in [0.4, 0.5) is 5.69 Å². The van der Waals surface area contributed by atoms with E-state index in [0.717, 1.165) is 61.6 Å². The summed E-state index contributed by atoms with van der Waals surface area (Å²) < 4.78 is 0. The molecule has 4 bridgehead atoms. The van der Waals surface area contributed by atoms with Gasteiger partial charge in [0.1, 0.15) is 0 Å². The summed E-state index contributed by atoms with van der Waals surface area (Å²) >= 11 is 0. The van der Waals surface area contributed by atoms with E-state index in [1.165, 1.54) is 38.5 Å². The van der Waals surface area contributed by atoms with Gasteiger partial charge in [-0.15, -0.1) is 0 Å². The van der Waals surface area contributed by atoms with Crippen molar-refractivity contribution in [2.24, 2.45) is 28.1 Å². The molecule has 6 aliphatic rings. The molecule has 7 rings (SSSR count). The Morgan fingerprint density at radius 1 is 1.11 bits per heavy atom. The lowest BCUT2D eigenvalue weighted by molar-refractivity contribution is -0.153.